The minimum Gasteiger partial charge on any atom is -0.380 e. The molecule has 0 radical (unpaired) electrons. The summed E-state index contributed by atoms with van der Waals surface area (Å²) in [5.41, 5.74) is 7.65. The Hall–Kier alpha value is -3.23. The van der Waals surface area contributed by atoms with E-state index in [2.05, 4.69) is 107 Å². The van der Waals surface area contributed by atoms with E-state index in [-0.39, 0.29) is 29.5 Å². The average Bonchev–Trinajstić information content (AvgIpc) is 3.53. The quantitative estimate of drug-likeness (QED) is 0.112. The van der Waals surface area contributed by atoms with Crippen molar-refractivity contribution >= 4 is 17.8 Å². The maximum atomic E-state index is 6.30. The lowest BCUT2D eigenvalue weighted by Crippen LogP contribution is -2.54. The Labute approximate surface area is 296 Å². The summed E-state index contributed by atoms with van der Waals surface area (Å²) in [6.07, 6.45) is 12.6. The lowest BCUT2D eigenvalue weighted by Gasteiger charge is -2.51. The average molecular weight is 672 g/mol. The summed E-state index contributed by atoms with van der Waals surface area (Å²) < 4.78 is 26.5. The van der Waals surface area contributed by atoms with Gasteiger partial charge in [-0.15, -0.1) is 0 Å². The van der Waals surface area contributed by atoms with Crippen LogP contribution < -0.4 is 4.90 Å². The van der Waals surface area contributed by atoms with E-state index < -0.39 is 0 Å². The molecule has 268 valence electrons. The number of unbranched alkanes of at least 4 members (excludes halogenated alkanes) is 2. The highest BCUT2D eigenvalue weighted by Crippen LogP contribution is 2.53. The molecule has 0 saturated heterocycles. The van der Waals surface area contributed by atoms with E-state index in [1.54, 1.807) is 0 Å². The Balaban J connectivity index is 1.61. The third kappa shape index (κ3) is 9.31. The van der Waals surface area contributed by atoms with Crippen molar-refractivity contribution < 1.29 is 18.9 Å². The fraction of sp³-hybridized carbons (Fsp3) is 0.548. The van der Waals surface area contributed by atoms with Crippen molar-refractivity contribution in [3.05, 3.63) is 89.3 Å². The number of allylic oxidation sites excluding steroid dienone is 1. The lowest BCUT2D eigenvalue weighted by molar-refractivity contribution is -0.116. The largest absolute Gasteiger partial charge is 0.380 e. The topological polar surface area (TPSA) is 58.0 Å². The highest BCUT2D eigenvalue weighted by Gasteiger charge is 2.54. The Kier molecular flexibility index (Phi) is 14.7. The summed E-state index contributed by atoms with van der Waals surface area (Å²) in [6.45, 7) is 21.8. The van der Waals surface area contributed by atoms with Gasteiger partial charge in [0, 0.05) is 80.8 Å². The molecule has 1 saturated carbocycles. The maximum absolute atomic E-state index is 6.30. The van der Waals surface area contributed by atoms with Gasteiger partial charge in [-0.25, -0.2) is 4.68 Å². The number of nitrogens with zero attached hydrogens (tertiary/aromatic N) is 3. The van der Waals surface area contributed by atoms with Gasteiger partial charge in [-0.1, -0.05) is 96.5 Å². The van der Waals surface area contributed by atoms with E-state index in [4.69, 9.17) is 24.0 Å². The van der Waals surface area contributed by atoms with Gasteiger partial charge in [0.05, 0.1) is 36.8 Å². The van der Waals surface area contributed by atoms with Crippen LogP contribution in [0.4, 0.5) is 5.69 Å². The molecule has 49 heavy (non-hydrogen) atoms. The highest BCUT2D eigenvalue weighted by molar-refractivity contribution is 5.71. The zero-order valence-corrected chi connectivity index (χ0v) is 31.4. The number of methoxy groups -OCH3 is 2. The first kappa shape index (κ1) is 38.6. The van der Waals surface area contributed by atoms with Gasteiger partial charge >= 0.3 is 0 Å². The fourth-order valence-electron chi connectivity index (χ4n) is 6.95. The van der Waals surface area contributed by atoms with E-state index in [1.165, 1.54) is 16.8 Å². The summed E-state index contributed by atoms with van der Waals surface area (Å²) in [5.74, 6) is 0.128. The number of hydrogen-bond donors (Lipinski definition) is 0. The zero-order chi connectivity index (χ0) is 35.4. The highest BCUT2D eigenvalue weighted by atomic mass is 16.5. The molecule has 0 spiro atoms. The zero-order valence-electron chi connectivity index (χ0n) is 31.4. The summed E-state index contributed by atoms with van der Waals surface area (Å²) in [7, 11) is 3.64. The van der Waals surface area contributed by atoms with Crippen LogP contribution in [0.2, 0.25) is 0 Å². The van der Waals surface area contributed by atoms with Gasteiger partial charge in [0.1, 0.15) is 0 Å². The maximum Gasteiger partial charge on any atom is 0.0759 e. The first-order valence-corrected chi connectivity index (χ1v) is 18.3. The third-order valence-electron chi connectivity index (χ3n) is 9.63. The Morgan fingerprint density at radius 1 is 0.857 bits per heavy atom. The van der Waals surface area contributed by atoms with Crippen molar-refractivity contribution in [1.82, 2.24) is 9.78 Å². The summed E-state index contributed by atoms with van der Waals surface area (Å²) >= 11 is 0. The second-order valence-corrected chi connectivity index (χ2v) is 14.1. The molecule has 2 atom stereocenters. The van der Waals surface area contributed by atoms with Crippen LogP contribution in [0.5, 0.6) is 0 Å². The van der Waals surface area contributed by atoms with Crippen LogP contribution in [0.3, 0.4) is 0 Å². The van der Waals surface area contributed by atoms with Gasteiger partial charge in [0.15, 0.2) is 0 Å². The van der Waals surface area contributed by atoms with Crippen molar-refractivity contribution in [3.63, 3.8) is 0 Å². The minimum atomic E-state index is -0.176. The van der Waals surface area contributed by atoms with Crippen LogP contribution in [0.25, 0.3) is 17.8 Å². The molecule has 3 aromatic rings. The van der Waals surface area contributed by atoms with Gasteiger partial charge < -0.3 is 23.8 Å². The second kappa shape index (κ2) is 18.7. The molecule has 7 heteroatoms. The summed E-state index contributed by atoms with van der Waals surface area (Å²) in [6, 6.07) is 15.2. The predicted octanol–water partition coefficient (Wildman–Crippen LogP) is 9.20. The van der Waals surface area contributed by atoms with Gasteiger partial charge in [-0.05, 0) is 49.1 Å². The van der Waals surface area contributed by atoms with Crippen molar-refractivity contribution in [2.24, 2.45) is 0 Å². The van der Waals surface area contributed by atoms with Gasteiger partial charge in [-0.2, -0.15) is 5.10 Å². The molecule has 2 aromatic carbocycles. The Morgan fingerprint density at radius 2 is 1.47 bits per heavy atom. The van der Waals surface area contributed by atoms with Crippen molar-refractivity contribution in [1.29, 1.82) is 0 Å². The van der Waals surface area contributed by atoms with E-state index in [0.717, 1.165) is 74.5 Å². The van der Waals surface area contributed by atoms with Crippen LogP contribution in [0, 0.1) is 0 Å². The molecule has 1 heterocycles. The predicted molar refractivity (Wildman–Crippen MR) is 204 cm³/mol. The molecule has 7 nitrogen and oxygen atoms in total. The molecule has 0 aliphatic heterocycles. The van der Waals surface area contributed by atoms with Gasteiger partial charge in [0.25, 0.3) is 0 Å². The van der Waals surface area contributed by atoms with Gasteiger partial charge in [-0.3, -0.25) is 0 Å². The smallest absolute Gasteiger partial charge is 0.0759 e. The van der Waals surface area contributed by atoms with Crippen LogP contribution in [-0.4, -0.2) is 75.7 Å². The van der Waals surface area contributed by atoms with Crippen LogP contribution in [0.15, 0.2) is 61.3 Å². The first-order valence-electron chi connectivity index (χ1n) is 18.3. The third-order valence-corrected chi connectivity index (χ3v) is 9.63. The lowest BCUT2D eigenvalue weighted by atomic mass is 9.62. The molecule has 1 aromatic heterocycles. The molecule has 0 amide bonds. The molecular weight excluding hydrogens is 610 g/mol. The van der Waals surface area contributed by atoms with Crippen LogP contribution >= 0.6 is 0 Å². The Morgan fingerprint density at radius 3 is 1.98 bits per heavy atom. The van der Waals surface area contributed by atoms with E-state index in [9.17, 15) is 0 Å². The van der Waals surface area contributed by atoms with E-state index in [0.29, 0.717) is 13.2 Å². The number of ether oxygens (including phenoxy) is 4. The Bertz CT molecular complexity index is 1450. The molecule has 1 aliphatic carbocycles. The number of benzene rings is 2. The summed E-state index contributed by atoms with van der Waals surface area (Å²) in [5, 5.41) is 5.23. The van der Waals surface area contributed by atoms with Crippen molar-refractivity contribution in [2.75, 3.05) is 58.6 Å². The molecule has 2 unspecified atom stereocenters. The number of rotatable bonds is 20. The number of aromatic nitrogens is 2. The first-order chi connectivity index (χ1) is 23.7. The molecule has 4 rings (SSSR count). The molecule has 0 bridgehead atoms. The minimum absolute atomic E-state index is 0.0347. The van der Waals surface area contributed by atoms with E-state index in [1.807, 2.05) is 31.9 Å². The molecule has 1 fully saturated rings. The SMILES string of the molecule is C=Cc1cccc(-n2cc(C3C(OC)C(c4ccc(N(CCOCCCC)CCOCCCC)cc4)C3OC)c(C(C)(C)C)n2)c1/C=C\C. The molecule has 0 N–H and O–H groups in total. The number of hydrogen-bond acceptors (Lipinski definition) is 6. The van der Waals surface area contributed by atoms with Crippen LogP contribution in [0.1, 0.15) is 107 Å². The second-order valence-electron chi connectivity index (χ2n) is 14.1. The monoisotopic (exact) mass is 671 g/mol. The van der Waals surface area contributed by atoms with Crippen LogP contribution in [-0.2, 0) is 24.4 Å². The van der Waals surface area contributed by atoms with Gasteiger partial charge in [0.2, 0.25) is 0 Å². The van der Waals surface area contributed by atoms with Crippen molar-refractivity contribution in [3.8, 4) is 5.69 Å². The van der Waals surface area contributed by atoms with E-state index >= 15 is 0 Å². The molecule has 1 aliphatic rings. The fourth-order valence-corrected chi connectivity index (χ4v) is 6.95. The number of anilines is 1. The normalized spacial score (nSPS) is 19.3. The summed E-state index contributed by atoms with van der Waals surface area (Å²) in [4.78, 5) is 2.38. The molecular formula is C42H61N3O4. The van der Waals surface area contributed by atoms with Crippen molar-refractivity contribution in [2.45, 2.75) is 96.7 Å². The standard InChI is InChI=1S/C42H61N3O4/c1-10-14-26-48-28-24-44(25-29-49-27-15-11-2)33-22-20-32(21-23-33)37-39(46-8)38(40(37)47-9)35-30-45(43-41(35)42(5,6)7)36-19-16-18-31(13-4)34(36)17-12-3/h12-13,16-23,30,37-40H,4,10-11,14-15,24-29H2,1-3,5-9H3/b17-12-.